The van der Waals surface area contributed by atoms with Gasteiger partial charge in [0.2, 0.25) is 12.6 Å². The highest BCUT2D eigenvalue weighted by Crippen LogP contribution is 2.45. The van der Waals surface area contributed by atoms with E-state index < -0.39 is 152 Å². The fraction of sp³-hybridized carbons (Fsp3) is 0.466. The van der Waals surface area contributed by atoms with Crippen molar-refractivity contribution in [3.05, 3.63) is 136 Å². The van der Waals surface area contributed by atoms with Crippen LogP contribution in [0.1, 0.15) is 97.6 Å². The van der Waals surface area contributed by atoms with Gasteiger partial charge in [-0.15, -0.1) is 0 Å². The number of carboxylic acids is 2. The Bertz CT molecular complexity index is 4410. The van der Waals surface area contributed by atoms with E-state index in [-0.39, 0.29) is 145 Å². The van der Waals surface area contributed by atoms with E-state index >= 15 is 0 Å². The molecule has 0 spiro atoms. The van der Waals surface area contributed by atoms with Crippen LogP contribution in [0, 0.1) is 0 Å². The van der Waals surface area contributed by atoms with Crippen LogP contribution in [0.3, 0.4) is 0 Å². The Hall–Kier alpha value is -10.7. The zero-order chi connectivity index (χ0) is 80.4. The lowest BCUT2D eigenvalue weighted by molar-refractivity contribution is -0.271. The van der Waals surface area contributed by atoms with Gasteiger partial charge in [0.1, 0.15) is 80.2 Å². The second-order valence-electron chi connectivity index (χ2n) is 27.8. The SMILES string of the molecule is C=C1C[C@H]2C(O)N(C(=O)OCc3ccc(O[C@@H]4O[C@H](C(=O)O)[C@@H](O)[C@H](O)[C@H]4O)c(C(=O)NCCOC)c3)c3cc(OCc4cc(COc5cc6c(cc5OC)C(=O)N5CC(=C)C[C@H]5C(O)N6C(=O)OCc5ccc(O[C@@H]6O[C@H](C(=O)O)[C@@H](O)[C@H](O)[C@H]6O)c(C(=O)NCCOC)c5)n(C(C)(C)C)n4)c(OC)cc3C(=O)N2C1. The molecule has 6 aliphatic rings. The van der Waals surface area contributed by atoms with E-state index in [1.807, 2.05) is 20.8 Å². The smallest absolute Gasteiger partial charge is 0.416 e. The van der Waals surface area contributed by atoms with Gasteiger partial charge in [0.05, 0.1) is 84.4 Å². The molecule has 0 saturated carbocycles. The second-order valence-corrected chi connectivity index (χ2v) is 27.8. The van der Waals surface area contributed by atoms with Gasteiger partial charge in [0.15, 0.2) is 47.7 Å². The summed E-state index contributed by atoms with van der Waals surface area (Å²) in [5.74, 6) is -6.76. The van der Waals surface area contributed by atoms with E-state index in [1.165, 1.54) is 98.9 Å². The number of fused-ring (bicyclic) bond motifs is 4. The number of aliphatic hydroxyl groups excluding tert-OH is 8. The van der Waals surface area contributed by atoms with E-state index in [2.05, 4.69) is 23.8 Å². The molecule has 4 aromatic carbocycles. The van der Waals surface area contributed by atoms with E-state index in [4.69, 9.17) is 61.9 Å². The third-order valence-electron chi connectivity index (χ3n) is 19.1. The molecule has 38 nitrogen and oxygen atoms in total. The molecule has 38 heteroatoms. The largest absolute Gasteiger partial charge is 0.493 e. The van der Waals surface area contributed by atoms with Crippen molar-refractivity contribution in [3.63, 3.8) is 0 Å². The normalized spacial score (nSPS) is 25.0. The molecule has 0 radical (unpaired) electrons. The van der Waals surface area contributed by atoms with Gasteiger partial charge in [0, 0.05) is 52.5 Å². The average Bonchev–Trinajstić information content (AvgIpc) is 1.62. The number of carbonyl (C=O) groups excluding carboxylic acids is 6. The molecule has 12 N–H and O–H groups in total. The number of rotatable bonds is 26. The Morgan fingerprint density at radius 1 is 0.532 bits per heavy atom. The van der Waals surface area contributed by atoms with E-state index in [0.717, 1.165) is 9.80 Å². The summed E-state index contributed by atoms with van der Waals surface area (Å²) < 4.78 is 70.1. The predicted octanol–water partition coefficient (Wildman–Crippen LogP) is 0.600. The Morgan fingerprint density at radius 3 is 1.33 bits per heavy atom. The van der Waals surface area contributed by atoms with Crippen LogP contribution >= 0.6 is 0 Å². The highest BCUT2D eigenvalue weighted by atomic mass is 16.7. The van der Waals surface area contributed by atoms with Gasteiger partial charge in [-0.25, -0.2) is 29.0 Å². The van der Waals surface area contributed by atoms with Crippen molar-refractivity contribution in [2.45, 2.75) is 152 Å². The summed E-state index contributed by atoms with van der Waals surface area (Å²) in [5.41, 5.74) is 0.352. The molecule has 0 aliphatic carbocycles. The fourth-order valence-electron chi connectivity index (χ4n) is 13.5. The standard InChI is InChI=1S/C73H86N8O30/c1-33-18-45-65(92)79(71(98)106-29-35-10-12-47(41(20-35)61(88)74-14-16-100-6)108-69-57(86)53(82)55(84)59(110-69)67(94)95)43-25-51(49(102-8)23-39(43)63(90)77(45)27-33)104-31-37-22-38(81(76-37)73(3,4)5)32-105-52-26-44-40(24-50(52)103-9)64(91)78-28-34(2)19-46(78)66(93)80(44)72(99)107-30-36-11-13-48(42(21-36)62(89)75-15-17-101-7)109-70-58(87)54(83)56(85)60(111-70)68(96)97/h10-13,20-26,45-46,53-60,65-66,69-70,82-87,92-93H,1-2,14-19,27-32H2,3-9H3,(H,74,88)(H,75,89)(H,94,95)(H,96,97)/t45-,46-,53-,54-,55-,56-,57+,58+,59-,60-,65?,66?,69+,70+/m0/s1. The van der Waals surface area contributed by atoms with Crippen molar-refractivity contribution < 1.29 is 146 Å². The van der Waals surface area contributed by atoms with E-state index in [0.29, 0.717) is 22.5 Å². The first kappa shape index (κ1) is 81.2. The first-order valence-corrected chi connectivity index (χ1v) is 34.8. The molecule has 14 atom stereocenters. The molecule has 5 aromatic rings. The number of carbonyl (C=O) groups is 8. The molecule has 0 bridgehead atoms. The van der Waals surface area contributed by atoms with Gasteiger partial charge in [-0.2, -0.15) is 5.10 Å². The van der Waals surface area contributed by atoms with Crippen LogP contribution < -0.4 is 48.9 Å². The van der Waals surface area contributed by atoms with Gasteiger partial charge in [0.25, 0.3) is 23.6 Å². The minimum atomic E-state index is -2.04. The lowest BCUT2D eigenvalue weighted by Gasteiger charge is -2.38. The summed E-state index contributed by atoms with van der Waals surface area (Å²) in [6, 6.07) is 12.6. The maximum atomic E-state index is 14.8. The number of amides is 6. The molecule has 11 rings (SSSR count). The van der Waals surface area contributed by atoms with Crippen LogP contribution in [0.15, 0.2) is 91.0 Å². The summed E-state index contributed by atoms with van der Waals surface area (Å²) >= 11 is 0. The first-order chi connectivity index (χ1) is 52.8. The van der Waals surface area contributed by atoms with E-state index in [1.54, 1.807) is 10.7 Å². The third kappa shape index (κ3) is 17.0. The number of nitrogens with zero attached hydrogens (tertiary/aromatic N) is 6. The van der Waals surface area contributed by atoms with Gasteiger partial charge in [-0.05, 0) is 87.2 Å². The summed E-state index contributed by atoms with van der Waals surface area (Å²) in [4.78, 5) is 114. The first-order valence-electron chi connectivity index (χ1n) is 34.8. The Labute approximate surface area is 632 Å². The van der Waals surface area contributed by atoms with Gasteiger partial charge >= 0.3 is 24.1 Å². The van der Waals surface area contributed by atoms with Crippen LogP contribution in [0.4, 0.5) is 21.0 Å². The zero-order valence-corrected chi connectivity index (χ0v) is 61.2. The summed E-state index contributed by atoms with van der Waals surface area (Å²) in [5, 5.41) is 117. The maximum absolute atomic E-state index is 14.8. The molecule has 4 saturated heterocycles. The van der Waals surface area contributed by atoms with Crippen molar-refractivity contribution in [1.29, 1.82) is 0 Å². The molecular formula is C73H86N8O30. The number of nitrogens with one attached hydrogen (secondary N) is 2. The maximum Gasteiger partial charge on any atom is 0.416 e. The molecule has 4 fully saturated rings. The fourth-order valence-corrected chi connectivity index (χ4v) is 13.5. The number of ether oxygens (including phenoxy) is 12. The highest BCUT2D eigenvalue weighted by Gasteiger charge is 2.52. The van der Waals surface area contributed by atoms with Gasteiger partial charge in [-0.1, -0.05) is 36.4 Å². The Balaban J connectivity index is 0.846. The van der Waals surface area contributed by atoms with Crippen LogP contribution in [-0.2, 0) is 70.0 Å². The summed E-state index contributed by atoms with van der Waals surface area (Å²) in [7, 11) is 5.44. The number of anilines is 2. The number of benzene rings is 4. The number of aromatic nitrogens is 2. The van der Waals surface area contributed by atoms with Crippen molar-refractivity contribution in [1.82, 2.24) is 30.2 Å². The highest BCUT2D eigenvalue weighted by molar-refractivity contribution is 6.07. The molecule has 598 valence electrons. The summed E-state index contributed by atoms with van der Waals surface area (Å²) in [6.45, 7) is 12.0. The quantitative estimate of drug-likeness (QED) is 0.0266. The van der Waals surface area contributed by atoms with Crippen LogP contribution in [-0.4, -0.2) is 272 Å². The van der Waals surface area contributed by atoms with Crippen LogP contribution in [0.5, 0.6) is 34.5 Å². The van der Waals surface area contributed by atoms with Crippen LogP contribution in [0.2, 0.25) is 0 Å². The van der Waals surface area contributed by atoms with Crippen molar-refractivity contribution in [2.75, 3.05) is 77.6 Å². The molecule has 2 unspecified atom stereocenters. The van der Waals surface area contributed by atoms with Crippen molar-refractivity contribution in [2.24, 2.45) is 0 Å². The minimum absolute atomic E-state index is 0.00883. The van der Waals surface area contributed by atoms with E-state index in [9.17, 15) is 89.4 Å². The lowest BCUT2D eigenvalue weighted by atomic mass is 9.99. The van der Waals surface area contributed by atoms with Gasteiger partial charge < -0.3 is 128 Å². The predicted molar refractivity (Wildman–Crippen MR) is 378 cm³/mol. The topological polar surface area (TPSA) is 504 Å². The second kappa shape index (κ2) is 33.8. The number of methoxy groups -OCH3 is 4. The number of aliphatic hydroxyl groups is 8. The number of carboxylic acid groups (broad SMARTS) is 2. The molecule has 6 amide bonds. The summed E-state index contributed by atoms with van der Waals surface area (Å²) in [6.07, 6.45) is -25.8. The number of aliphatic carboxylic acids is 2. The molecule has 6 aliphatic heterocycles. The molecule has 111 heavy (non-hydrogen) atoms. The average molecular weight is 1560 g/mol. The molecular weight excluding hydrogens is 1470 g/mol. The zero-order valence-electron chi connectivity index (χ0n) is 61.2. The molecule has 1 aromatic heterocycles. The van der Waals surface area contributed by atoms with Crippen molar-refractivity contribution >= 4 is 59.1 Å². The minimum Gasteiger partial charge on any atom is -0.493 e. The Morgan fingerprint density at radius 2 is 0.946 bits per heavy atom. The number of hydrogen-bond donors (Lipinski definition) is 12. The van der Waals surface area contributed by atoms with Crippen LogP contribution in [0.25, 0.3) is 0 Å². The van der Waals surface area contributed by atoms with Gasteiger partial charge in [-0.3, -0.25) is 23.9 Å². The third-order valence-corrected chi connectivity index (χ3v) is 19.1. The van der Waals surface area contributed by atoms with Crippen molar-refractivity contribution in [3.8, 4) is 34.5 Å². The Kier molecular flexibility index (Phi) is 24.8. The number of hydrogen-bond acceptors (Lipinski definition) is 29. The lowest BCUT2D eigenvalue weighted by Crippen LogP contribution is -2.61. The molecule has 7 heterocycles. The monoisotopic (exact) mass is 1550 g/mol.